The fraction of sp³-hybridized carbons (Fsp3) is 0.300. The summed E-state index contributed by atoms with van der Waals surface area (Å²) in [5, 5.41) is 11.1. The molecule has 0 atom stereocenters. The molecule has 2 N–H and O–H groups in total. The van der Waals surface area contributed by atoms with Gasteiger partial charge in [0.25, 0.3) is 0 Å². The predicted octanol–water partition coefficient (Wildman–Crippen LogP) is 5.99. The first-order valence-electron chi connectivity index (χ1n) is 13.0. The van der Waals surface area contributed by atoms with Crippen molar-refractivity contribution in [3.8, 4) is 16.9 Å². The van der Waals surface area contributed by atoms with Gasteiger partial charge >= 0.3 is 12.1 Å². The molecule has 3 aromatic rings. The normalized spacial score (nSPS) is 12.4. The zero-order chi connectivity index (χ0) is 28.5. The zero-order valence-electron chi connectivity index (χ0n) is 21.8. The van der Waals surface area contributed by atoms with E-state index in [9.17, 15) is 18.8 Å². The van der Waals surface area contributed by atoms with Crippen molar-refractivity contribution in [2.45, 2.75) is 38.7 Å². The van der Waals surface area contributed by atoms with Crippen molar-refractivity contribution < 1.29 is 33.4 Å². The number of carbonyl (C=O) groups is 3. The number of nitrogens with one attached hydrogen (secondary N) is 1. The van der Waals surface area contributed by atoms with Gasteiger partial charge in [0.05, 0.1) is 18.1 Å². The van der Waals surface area contributed by atoms with Crippen molar-refractivity contribution in [1.29, 1.82) is 0 Å². The molecule has 40 heavy (non-hydrogen) atoms. The fourth-order valence-electron chi connectivity index (χ4n) is 4.59. The topological polar surface area (TPSA) is 105 Å². The highest BCUT2D eigenvalue weighted by Crippen LogP contribution is 2.36. The molecular formula is C30H30ClFN2O6. The van der Waals surface area contributed by atoms with Crippen molar-refractivity contribution in [2.75, 3.05) is 24.6 Å². The van der Waals surface area contributed by atoms with Crippen LogP contribution in [0.1, 0.15) is 36.8 Å². The molecule has 1 heterocycles. The smallest absolute Gasteiger partial charge is 0.407 e. The molecule has 1 aliphatic heterocycles. The van der Waals surface area contributed by atoms with E-state index >= 15 is 0 Å². The molecule has 4 rings (SSSR count). The van der Waals surface area contributed by atoms with E-state index in [1.807, 2.05) is 42.5 Å². The second kappa shape index (κ2) is 13.8. The quantitative estimate of drug-likeness (QED) is 0.275. The van der Waals surface area contributed by atoms with E-state index in [-0.39, 0.29) is 49.3 Å². The van der Waals surface area contributed by atoms with Crippen LogP contribution in [0.5, 0.6) is 5.75 Å². The van der Waals surface area contributed by atoms with Crippen LogP contribution >= 0.6 is 11.6 Å². The van der Waals surface area contributed by atoms with Gasteiger partial charge in [0.1, 0.15) is 6.61 Å². The Kier molecular flexibility index (Phi) is 9.96. The number of hydrogen-bond donors (Lipinski definition) is 2. The lowest BCUT2D eigenvalue weighted by molar-refractivity contribution is -0.136. The summed E-state index contributed by atoms with van der Waals surface area (Å²) in [6.07, 6.45) is 1.47. The third-order valence-electron chi connectivity index (χ3n) is 6.48. The van der Waals surface area contributed by atoms with E-state index in [1.165, 1.54) is 12.1 Å². The van der Waals surface area contributed by atoms with Gasteiger partial charge in [-0.15, -0.1) is 0 Å². The van der Waals surface area contributed by atoms with E-state index in [2.05, 4.69) is 5.32 Å². The van der Waals surface area contributed by atoms with Crippen LogP contribution in [-0.2, 0) is 27.4 Å². The van der Waals surface area contributed by atoms with Gasteiger partial charge in [0.2, 0.25) is 5.91 Å². The van der Waals surface area contributed by atoms with Crippen LogP contribution in [0, 0.1) is 5.82 Å². The van der Waals surface area contributed by atoms with E-state index in [1.54, 1.807) is 11.0 Å². The summed E-state index contributed by atoms with van der Waals surface area (Å²) >= 11 is 5.79. The maximum Gasteiger partial charge on any atom is 0.407 e. The molecule has 210 valence electrons. The number of rotatable bonds is 11. The van der Waals surface area contributed by atoms with Crippen LogP contribution in [0.25, 0.3) is 11.1 Å². The number of anilines is 1. The van der Waals surface area contributed by atoms with Crippen molar-refractivity contribution >= 4 is 35.3 Å². The Morgan fingerprint density at radius 3 is 2.67 bits per heavy atom. The van der Waals surface area contributed by atoms with Gasteiger partial charge < -0.3 is 24.8 Å². The number of benzene rings is 3. The van der Waals surface area contributed by atoms with Crippen LogP contribution in [0.15, 0.2) is 60.7 Å². The van der Waals surface area contributed by atoms with Crippen molar-refractivity contribution in [1.82, 2.24) is 5.32 Å². The molecule has 1 aliphatic rings. The molecule has 0 spiro atoms. The summed E-state index contributed by atoms with van der Waals surface area (Å²) in [4.78, 5) is 37.4. The van der Waals surface area contributed by atoms with Crippen molar-refractivity contribution in [3.05, 3.63) is 82.6 Å². The highest BCUT2D eigenvalue weighted by atomic mass is 35.5. The minimum atomic E-state index is -1.00. The lowest BCUT2D eigenvalue weighted by Crippen LogP contribution is -2.35. The maximum atomic E-state index is 14.0. The molecule has 0 unspecified atom stereocenters. The largest absolute Gasteiger partial charge is 0.490 e. The number of halogens is 2. The Labute approximate surface area is 236 Å². The second-order valence-electron chi connectivity index (χ2n) is 9.30. The summed E-state index contributed by atoms with van der Waals surface area (Å²) in [6.45, 7) is 0.834. The lowest BCUT2D eigenvalue weighted by Gasteiger charge is -2.31. The SMILES string of the molecule is O=C(O)CCNC(=O)OCc1cccc(-c2cccc3c2CCCN3C(=O)CCCOc2cccc(Cl)c2F)c1. The Balaban J connectivity index is 1.38. The monoisotopic (exact) mass is 568 g/mol. The van der Waals surface area contributed by atoms with Gasteiger partial charge in [-0.25, -0.2) is 9.18 Å². The average molecular weight is 569 g/mol. The van der Waals surface area contributed by atoms with Gasteiger partial charge in [-0.05, 0) is 65.8 Å². The number of hydrogen-bond acceptors (Lipinski definition) is 5. The number of carboxylic acid groups (broad SMARTS) is 1. The van der Waals surface area contributed by atoms with Gasteiger partial charge in [-0.2, -0.15) is 0 Å². The Hall–Kier alpha value is -4.11. The van der Waals surface area contributed by atoms with Gasteiger partial charge in [0, 0.05) is 25.2 Å². The third-order valence-corrected chi connectivity index (χ3v) is 6.77. The molecule has 8 nitrogen and oxygen atoms in total. The molecule has 0 saturated heterocycles. The lowest BCUT2D eigenvalue weighted by atomic mass is 9.91. The molecule has 0 aromatic heterocycles. The molecule has 3 aromatic carbocycles. The second-order valence-corrected chi connectivity index (χ2v) is 9.71. The molecule has 0 radical (unpaired) electrons. The number of carboxylic acids is 1. The predicted molar refractivity (Wildman–Crippen MR) is 149 cm³/mol. The summed E-state index contributed by atoms with van der Waals surface area (Å²) < 4.78 is 24.7. The molecule has 10 heteroatoms. The number of ether oxygens (including phenoxy) is 2. The van der Waals surface area contributed by atoms with Crippen LogP contribution in [-0.4, -0.2) is 42.8 Å². The minimum Gasteiger partial charge on any atom is -0.490 e. The molecule has 2 amide bonds. The molecule has 0 fully saturated rings. The highest BCUT2D eigenvalue weighted by molar-refractivity contribution is 6.30. The average Bonchev–Trinajstić information content (AvgIpc) is 2.95. The zero-order valence-corrected chi connectivity index (χ0v) is 22.6. The van der Waals surface area contributed by atoms with Gasteiger partial charge in [0.15, 0.2) is 11.6 Å². The van der Waals surface area contributed by atoms with E-state index in [0.717, 1.165) is 40.8 Å². The van der Waals surface area contributed by atoms with E-state index < -0.39 is 17.9 Å². The fourth-order valence-corrected chi connectivity index (χ4v) is 4.76. The van der Waals surface area contributed by atoms with Crippen LogP contribution in [0.4, 0.5) is 14.9 Å². The van der Waals surface area contributed by atoms with Crippen LogP contribution in [0.2, 0.25) is 5.02 Å². The molecule has 0 saturated carbocycles. The number of alkyl carbamates (subject to hydrolysis) is 1. The van der Waals surface area contributed by atoms with Crippen molar-refractivity contribution in [3.63, 3.8) is 0 Å². The summed E-state index contributed by atoms with van der Waals surface area (Å²) in [7, 11) is 0. The molecule has 0 aliphatic carbocycles. The van der Waals surface area contributed by atoms with E-state index in [4.69, 9.17) is 26.2 Å². The Morgan fingerprint density at radius 2 is 1.85 bits per heavy atom. The van der Waals surface area contributed by atoms with Crippen LogP contribution in [0.3, 0.4) is 0 Å². The highest BCUT2D eigenvalue weighted by Gasteiger charge is 2.24. The molecular weight excluding hydrogens is 539 g/mol. The number of aliphatic carboxylic acids is 1. The van der Waals surface area contributed by atoms with Gasteiger partial charge in [-0.1, -0.05) is 48.0 Å². The summed E-state index contributed by atoms with van der Waals surface area (Å²) in [6, 6.07) is 18.1. The minimum absolute atomic E-state index is 0.00689. The summed E-state index contributed by atoms with van der Waals surface area (Å²) in [5.41, 5.74) is 4.67. The maximum absolute atomic E-state index is 14.0. The number of fused-ring (bicyclic) bond motifs is 1. The van der Waals surface area contributed by atoms with E-state index in [0.29, 0.717) is 13.0 Å². The van der Waals surface area contributed by atoms with Crippen molar-refractivity contribution in [2.24, 2.45) is 0 Å². The number of nitrogens with zero attached hydrogens (tertiary/aromatic N) is 1. The first-order chi connectivity index (χ1) is 19.3. The standard InChI is InChI=1S/C30H30ClFN2O6/c31-24-10-3-12-26(29(24)32)39-17-5-13-27(35)34-16-4-9-23-22(8-2-11-25(23)34)21-7-1-6-20(18-21)19-40-30(38)33-15-14-28(36)37/h1-3,6-8,10-12,18H,4-5,9,13-17,19H2,(H,33,38)(H,36,37). The van der Waals surface area contributed by atoms with Crippen LogP contribution < -0.4 is 15.0 Å². The Bertz CT molecular complexity index is 1380. The number of carbonyl (C=O) groups excluding carboxylic acids is 2. The molecule has 0 bridgehead atoms. The number of amides is 2. The first-order valence-corrected chi connectivity index (χ1v) is 13.4. The Morgan fingerprint density at radius 1 is 1.05 bits per heavy atom. The third kappa shape index (κ3) is 7.51. The first kappa shape index (κ1) is 28.9. The summed E-state index contributed by atoms with van der Waals surface area (Å²) in [5.74, 6) is -1.56. The van der Waals surface area contributed by atoms with Gasteiger partial charge in [-0.3, -0.25) is 9.59 Å².